The van der Waals surface area contributed by atoms with Crippen molar-refractivity contribution in [1.82, 2.24) is 0 Å². The summed E-state index contributed by atoms with van der Waals surface area (Å²) in [7, 11) is 0. The summed E-state index contributed by atoms with van der Waals surface area (Å²) < 4.78 is 60.9. The SMILES string of the molecule is [2H]c1c([2H])c(C(O)(c2c([2H])c([2H])c(Cl)c([2H])c2[2H])C(Cl)(Cl)Cl)c([2H])c([2H])c1Cl. The highest BCUT2D eigenvalue weighted by Gasteiger charge is 2.49. The van der Waals surface area contributed by atoms with Gasteiger partial charge in [0.25, 0.3) is 0 Å². The minimum Gasteiger partial charge on any atom is -0.376 e. The van der Waals surface area contributed by atoms with E-state index in [0.717, 1.165) is 0 Å². The first-order valence-electron chi connectivity index (χ1n) is 8.92. The Balaban J connectivity index is 3.17. The molecule has 0 atom stereocenters. The molecule has 0 spiro atoms. The van der Waals surface area contributed by atoms with Crippen molar-refractivity contribution in [1.29, 1.82) is 0 Å². The van der Waals surface area contributed by atoms with Gasteiger partial charge in [0, 0.05) is 10.0 Å². The Bertz CT molecular complexity index is 864. The molecule has 0 amide bonds. The van der Waals surface area contributed by atoms with Gasteiger partial charge in [-0.2, -0.15) is 0 Å². The molecule has 0 aromatic heterocycles. The maximum atomic E-state index is 11.4. The van der Waals surface area contributed by atoms with Crippen LogP contribution in [-0.2, 0) is 5.60 Å². The Labute approximate surface area is 153 Å². The monoisotopic (exact) mass is 376 g/mol. The van der Waals surface area contributed by atoms with Gasteiger partial charge < -0.3 is 5.11 Å². The molecule has 106 valence electrons. The number of halogens is 5. The van der Waals surface area contributed by atoms with E-state index in [0.29, 0.717) is 0 Å². The summed E-state index contributed by atoms with van der Waals surface area (Å²) in [5.41, 5.74) is -4.88. The third-order valence-electron chi connectivity index (χ3n) is 2.32. The van der Waals surface area contributed by atoms with E-state index in [-0.39, 0.29) is 0 Å². The van der Waals surface area contributed by atoms with E-state index in [1.54, 1.807) is 0 Å². The van der Waals surface area contributed by atoms with E-state index in [1.807, 2.05) is 0 Å². The van der Waals surface area contributed by atoms with E-state index < -0.39 is 78.9 Å². The third-order valence-corrected chi connectivity index (χ3v) is 3.52. The fourth-order valence-corrected chi connectivity index (χ4v) is 2.12. The molecule has 0 aliphatic rings. The van der Waals surface area contributed by atoms with Gasteiger partial charge in [0.2, 0.25) is 3.79 Å². The first-order chi connectivity index (χ1) is 12.6. The van der Waals surface area contributed by atoms with Gasteiger partial charge >= 0.3 is 0 Å². The Hall–Kier alpha value is -0.150. The summed E-state index contributed by atoms with van der Waals surface area (Å²) in [6, 6.07) is -6.55. The minimum atomic E-state index is -3.12. The molecule has 0 unspecified atom stereocenters. The lowest BCUT2D eigenvalue weighted by molar-refractivity contribution is 0.0850. The molecule has 0 saturated heterocycles. The van der Waals surface area contributed by atoms with Crippen molar-refractivity contribution in [2.45, 2.75) is 9.39 Å². The molecule has 0 radical (unpaired) electrons. The van der Waals surface area contributed by atoms with E-state index in [4.69, 9.17) is 69.0 Å². The second-order valence-electron chi connectivity index (χ2n) is 3.59. The Morgan fingerprint density at radius 2 is 1.05 bits per heavy atom. The van der Waals surface area contributed by atoms with E-state index in [9.17, 15) is 5.11 Å². The molecule has 2 aromatic carbocycles. The molecule has 1 N–H and O–H groups in total. The number of hydrogen-bond donors (Lipinski definition) is 1. The quantitative estimate of drug-likeness (QED) is 0.675. The van der Waals surface area contributed by atoms with Gasteiger partial charge in [-0.3, -0.25) is 0 Å². The Morgan fingerprint density at radius 1 is 0.750 bits per heavy atom. The molecule has 6 heteroatoms. The van der Waals surface area contributed by atoms with Crippen molar-refractivity contribution in [3.05, 3.63) is 69.5 Å². The molecule has 0 bridgehead atoms. The van der Waals surface area contributed by atoms with Gasteiger partial charge in [-0.25, -0.2) is 0 Å². The van der Waals surface area contributed by atoms with Crippen LogP contribution in [0.3, 0.4) is 0 Å². The number of benzene rings is 2. The van der Waals surface area contributed by atoms with Crippen molar-refractivity contribution in [2.75, 3.05) is 0 Å². The van der Waals surface area contributed by atoms with Crippen LogP contribution in [0.15, 0.2) is 48.3 Å². The van der Waals surface area contributed by atoms with Crippen LogP contribution < -0.4 is 0 Å². The first kappa shape index (κ1) is 8.47. The lowest BCUT2D eigenvalue weighted by atomic mass is 9.87. The zero-order valence-electron chi connectivity index (χ0n) is 17.3. The summed E-state index contributed by atoms with van der Waals surface area (Å²) in [6.07, 6.45) is 0. The van der Waals surface area contributed by atoms with Crippen LogP contribution in [0.5, 0.6) is 0 Å². The van der Waals surface area contributed by atoms with Crippen molar-refractivity contribution >= 4 is 58.0 Å². The van der Waals surface area contributed by atoms with Gasteiger partial charge in [0.1, 0.15) is 0 Å². The zero-order chi connectivity index (χ0) is 21.9. The van der Waals surface area contributed by atoms with Crippen LogP contribution in [0.1, 0.15) is 22.1 Å². The molecular weight excluding hydrogens is 361 g/mol. The highest BCUT2D eigenvalue weighted by Crippen LogP contribution is 2.49. The Kier molecular flexibility index (Phi) is 2.51. The number of aliphatic hydroxyl groups is 1. The smallest absolute Gasteiger partial charge is 0.227 e. The number of hydrogen-bond acceptors (Lipinski definition) is 1. The molecule has 0 saturated carbocycles. The van der Waals surface area contributed by atoms with Crippen LogP contribution in [0.4, 0.5) is 0 Å². The molecule has 0 heterocycles. The first-order valence-corrected chi connectivity index (χ1v) is 6.81. The lowest BCUT2D eigenvalue weighted by Crippen LogP contribution is -2.41. The van der Waals surface area contributed by atoms with Gasteiger partial charge in [-0.05, 0) is 35.3 Å². The lowest BCUT2D eigenvalue weighted by Gasteiger charge is -2.35. The minimum absolute atomic E-state index is 0.555. The Morgan fingerprint density at radius 3 is 1.30 bits per heavy atom. The largest absolute Gasteiger partial charge is 0.376 e. The van der Waals surface area contributed by atoms with Crippen LogP contribution in [0, 0.1) is 0 Å². The van der Waals surface area contributed by atoms with Gasteiger partial charge in [-0.1, -0.05) is 82.2 Å². The van der Waals surface area contributed by atoms with E-state index >= 15 is 0 Å². The van der Waals surface area contributed by atoms with Crippen LogP contribution >= 0.6 is 58.0 Å². The predicted octanol–water partition coefficient (Wildman–Crippen LogP) is 5.60. The average Bonchev–Trinajstić information content (AvgIpc) is 2.60. The maximum absolute atomic E-state index is 11.4. The number of rotatable bonds is 2. The van der Waals surface area contributed by atoms with Crippen molar-refractivity contribution in [3.63, 3.8) is 0 Å². The molecular formula is C14H9Cl5O. The van der Waals surface area contributed by atoms with Gasteiger partial charge in [-0.15, -0.1) is 0 Å². The normalized spacial score (nSPS) is 18.1. The molecule has 0 fully saturated rings. The van der Waals surface area contributed by atoms with E-state index in [2.05, 4.69) is 0 Å². The summed E-state index contributed by atoms with van der Waals surface area (Å²) >= 11 is 29.3. The summed E-state index contributed by atoms with van der Waals surface area (Å²) in [6.45, 7) is 0. The second-order valence-corrected chi connectivity index (χ2v) is 6.62. The zero-order valence-corrected chi connectivity index (χ0v) is 13.1. The van der Waals surface area contributed by atoms with E-state index in [1.165, 1.54) is 0 Å². The molecule has 2 rings (SSSR count). The maximum Gasteiger partial charge on any atom is 0.227 e. The average molecular weight is 379 g/mol. The van der Waals surface area contributed by atoms with Crippen molar-refractivity contribution < 1.29 is 16.1 Å². The fraction of sp³-hybridized carbons (Fsp3) is 0.143. The highest BCUT2D eigenvalue weighted by molar-refractivity contribution is 6.68. The fourth-order valence-electron chi connectivity index (χ4n) is 1.36. The molecule has 1 nitrogen and oxygen atoms in total. The summed E-state index contributed by atoms with van der Waals surface area (Å²) in [5, 5.41) is 10.3. The van der Waals surface area contributed by atoms with Gasteiger partial charge in [0.05, 0.1) is 11.0 Å². The standard InChI is InChI=1S/C14H9Cl5O/c15-11-5-1-9(2-6-11)13(20,14(17,18)19)10-3-7-12(16)8-4-10/h1-8,20H/i1D,2D,3D,4D,5D,6D,7D,8D. The van der Waals surface area contributed by atoms with Crippen LogP contribution in [0.2, 0.25) is 10.0 Å². The molecule has 0 aliphatic carbocycles. The summed E-state index contributed by atoms with van der Waals surface area (Å²) in [4.78, 5) is 0. The molecule has 0 aliphatic heterocycles. The topological polar surface area (TPSA) is 20.2 Å². The predicted molar refractivity (Wildman–Crippen MR) is 86.2 cm³/mol. The summed E-state index contributed by atoms with van der Waals surface area (Å²) in [5.74, 6) is 0. The highest BCUT2D eigenvalue weighted by atomic mass is 35.6. The van der Waals surface area contributed by atoms with Gasteiger partial charge in [0.15, 0.2) is 5.60 Å². The second kappa shape index (κ2) is 5.92. The molecule has 2 aromatic rings. The van der Waals surface area contributed by atoms with Crippen molar-refractivity contribution in [2.24, 2.45) is 0 Å². The third kappa shape index (κ3) is 3.04. The van der Waals surface area contributed by atoms with Crippen molar-refractivity contribution in [3.8, 4) is 0 Å². The number of alkyl halides is 3. The van der Waals surface area contributed by atoms with Crippen LogP contribution in [0.25, 0.3) is 0 Å². The van der Waals surface area contributed by atoms with Crippen LogP contribution in [-0.4, -0.2) is 8.90 Å². The molecule has 20 heavy (non-hydrogen) atoms.